The number of pyridine rings is 1. The number of nitrogens with one attached hydrogen (secondary N) is 1. The van der Waals surface area contributed by atoms with Crippen molar-refractivity contribution in [3.63, 3.8) is 0 Å². The van der Waals surface area contributed by atoms with Crippen molar-refractivity contribution in [1.82, 2.24) is 10.3 Å². The van der Waals surface area contributed by atoms with Crippen molar-refractivity contribution in [2.45, 2.75) is 13.0 Å². The summed E-state index contributed by atoms with van der Waals surface area (Å²) in [6.07, 6.45) is 3.33. The van der Waals surface area contributed by atoms with Crippen molar-refractivity contribution in [1.29, 1.82) is 0 Å². The van der Waals surface area contributed by atoms with Crippen molar-refractivity contribution in [2.75, 3.05) is 11.5 Å². The van der Waals surface area contributed by atoms with Gasteiger partial charge in [-0.25, -0.2) is 0 Å². The number of hydrogen-bond acceptors (Lipinski definition) is 4. The fraction of sp³-hybridized carbons (Fsp3) is 0.364. The summed E-state index contributed by atoms with van der Waals surface area (Å²) in [6, 6.07) is 3.56. The third-order valence-corrected chi connectivity index (χ3v) is 2.96. The first-order chi connectivity index (χ1) is 8.09. The largest absolute Gasteiger partial charge is 0.481 e. The third-order valence-electron chi connectivity index (χ3n) is 2.04. The molecule has 1 heterocycles. The summed E-state index contributed by atoms with van der Waals surface area (Å²) >= 11 is 1.08. The zero-order valence-electron chi connectivity index (χ0n) is 9.42. The minimum Gasteiger partial charge on any atom is -0.481 e. The second kappa shape index (κ2) is 6.90. The lowest BCUT2D eigenvalue weighted by molar-refractivity contribution is -0.133. The fourth-order valence-corrected chi connectivity index (χ4v) is 1.80. The molecule has 0 spiro atoms. The lowest BCUT2D eigenvalue weighted by Gasteiger charge is -2.13. The molecule has 1 amide bonds. The molecule has 5 nitrogen and oxygen atoms in total. The SMILES string of the molecule is C[C@H](NC(=O)CSCC(=O)O)c1ccncc1. The molecule has 92 valence electrons. The highest BCUT2D eigenvalue weighted by Crippen LogP contribution is 2.10. The molecule has 0 aromatic carbocycles. The number of carbonyl (C=O) groups excluding carboxylic acids is 1. The van der Waals surface area contributed by atoms with Gasteiger partial charge in [0.05, 0.1) is 17.5 Å². The summed E-state index contributed by atoms with van der Waals surface area (Å²) in [4.78, 5) is 25.6. The number of amides is 1. The summed E-state index contributed by atoms with van der Waals surface area (Å²) in [6.45, 7) is 1.87. The van der Waals surface area contributed by atoms with Crippen LogP contribution in [0.1, 0.15) is 18.5 Å². The van der Waals surface area contributed by atoms with E-state index in [0.29, 0.717) is 0 Å². The molecule has 0 bridgehead atoms. The third kappa shape index (κ3) is 5.35. The summed E-state index contributed by atoms with van der Waals surface area (Å²) in [5.74, 6) is -0.982. The highest BCUT2D eigenvalue weighted by atomic mass is 32.2. The molecule has 6 heteroatoms. The highest BCUT2D eigenvalue weighted by molar-refractivity contribution is 8.00. The van der Waals surface area contributed by atoms with Gasteiger partial charge in [-0.05, 0) is 24.6 Å². The second-order valence-electron chi connectivity index (χ2n) is 3.46. The van der Waals surface area contributed by atoms with Crippen LogP contribution >= 0.6 is 11.8 Å². The molecule has 1 rings (SSSR count). The topological polar surface area (TPSA) is 79.3 Å². The quantitative estimate of drug-likeness (QED) is 0.794. The van der Waals surface area contributed by atoms with E-state index in [2.05, 4.69) is 10.3 Å². The highest BCUT2D eigenvalue weighted by Gasteiger charge is 2.09. The number of aliphatic carboxylic acids is 1. The normalized spacial score (nSPS) is 11.8. The molecule has 1 aromatic heterocycles. The van der Waals surface area contributed by atoms with E-state index in [9.17, 15) is 9.59 Å². The van der Waals surface area contributed by atoms with Gasteiger partial charge in [0.2, 0.25) is 5.91 Å². The van der Waals surface area contributed by atoms with Gasteiger partial charge >= 0.3 is 5.97 Å². The van der Waals surface area contributed by atoms with Gasteiger partial charge < -0.3 is 10.4 Å². The zero-order chi connectivity index (χ0) is 12.7. The summed E-state index contributed by atoms with van der Waals surface area (Å²) < 4.78 is 0. The predicted molar refractivity (Wildman–Crippen MR) is 65.8 cm³/mol. The van der Waals surface area contributed by atoms with Gasteiger partial charge in [-0.2, -0.15) is 0 Å². The number of hydrogen-bond donors (Lipinski definition) is 2. The van der Waals surface area contributed by atoms with E-state index in [0.717, 1.165) is 17.3 Å². The monoisotopic (exact) mass is 254 g/mol. The van der Waals surface area contributed by atoms with Crippen LogP contribution in [-0.2, 0) is 9.59 Å². The van der Waals surface area contributed by atoms with E-state index in [1.165, 1.54) is 0 Å². The lowest BCUT2D eigenvalue weighted by atomic mass is 10.1. The van der Waals surface area contributed by atoms with E-state index in [-0.39, 0.29) is 23.5 Å². The van der Waals surface area contributed by atoms with Crippen molar-refractivity contribution >= 4 is 23.6 Å². The first-order valence-corrected chi connectivity index (χ1v) is 6.24. The molecule has 0 unspecified atom stereocenters. The Morgan fingerprint density at radius 3 is 2.65 bits per heavy atom. The maximum Gasteiger partial charge on any atom is 0.313 e. The molecular formula is C11H14N2O3S. The van der Waals surface area contributed by atoms with Crippen LogP contribution in [0.25, 0.3) is 0 Å². The van der Waals surface area contributed by atoms with E-state index in [1.807, 2.05) is 19.1 Å². The van der Waals surface area contributed by atoms with Crippen molar-refractivity contribution < 1.29 is 14.7 Å². The molecule has 0 saturated heterocycles. The Kier molecular flexibility index (Phi) is 5.48. The van der Waals surface area contributed by atoms with Crippen molar-refractivity contribution in [2.24, 2.45) is 0 Å². The Morgan fingerprint density at radius 1 is 1.41 bits per heavy atom. The van der Waals surface area contributed by atoms with Crippen LogP contribution in [0.15, 0.2) is 24.5 Å². The molecule has 0 aliphatic heterocycles. The predicted octanol–water partition coefficient (Wildman–Crippen LogP) is 1.08. The van der Waals surface area contributed by atoms with E-state index < -0.39 is 5.97 Å². The molecule has 0 aliphatic rings. The molecule has 0 radical (unpaired) electrons. The Morgan fingerprint density at radius 2 is 2.06 bits per heavy atom. The van der Waals surface area contributed by atoms with Gasteiger partial charge in [0, 0.05) is 12.4 Å². The number of carboxylic acid groups (broad SMARTS) is 1. The molecule has 0 fully saturated rings. The van der Waals surface area contributed by atoms with Crippen molar-refractivity contribution in [3.8, 4) is 0 Å². The summed E-state index contributed by atoms with van der Waals surface area (Å²) in [5.41, 5.74) is 0.969. The zero-order valence-corrected chi connectivity index (χ0v) is 10.2. The van der Waals surface area contributed by atoms with E-state index >= 15 is 0 Å². The molecule has 0 aliphatic carbocycles. The van der Waals surface area contributed by atoms with Crippen LogP contribution in [0.4, 0.5) is 0 Å². The summed E-state index contributed by atoms with van der Waals surface area (Å²) in [5, 5.41) is 11.2. The Hall–Kier alpha value is -1.56. The summed E-state index contributed by atoms with van der Waals surface area (Å²) in [7, 11) is 0. The molecule has 17 heavy (non-hydrogen) atoms. The molecule has 2 N–H and O–H groups in total. The van der Waals surface area contributed by atoms with Gasteiger partial charge in [-0.3, -0.25) is 14.6 Å². The van der Waals surface area contributed by atoms with Gasteiger partial charge in [-0.15, -0.1) is 11.8 Å². The number of thioether (sulfide) groups is 1. The minimum absolute atomic E-state index is 0.0585. The molecular weight excluding hydrogens is 240 g/mol. The standard InChI is InChI=1S/C11H14N2O3S/c1-8(9-2-4-12-5-3-9)13-10(14)6-17-7-11(15)16/h2-5,8H,6-7H2,1H3,(H,13,14)(H,15,16)/t8-/m0/s1. The minimum atomic E-state index is -0.912. The van der Waals surface area contributed by atoms with Gasteiger partial charge in [-0.1, -0.05) is 0 Å². The first-order valence-electron chi connectivity index (χ1n) is 5.08. The second-order valence-corrected chi connectivity index (χ2v) is 4.44. The Balaban J connectivity index is 2.34. The number of rotatable bonds is 6. The van der Waals surface area contributed by atoms with Crippen LogP contribution in [0, 0.1) is 0 Å². The van der Waals surface area contributed by atoms with Crippen LogP contribution in [0.5, 0.6) is 0 Å². The molecule has 1 aromatic rings. The van der Waals surface area contributed by atoms with Crippen molar-refractivity contribution in [3.05, 3.63) is 30.1 Å². The average Bonchev–Trinajstić information content (AvgIpc) is 2.29. The van der Waals surface area contributed by atoms with Crippen LogP contribution in [0.3, 0.4) is 0 Å². The first kappa shape index (κ1) is 13.5. The van der Waals surface area contributed by atoms with Crippen LogP contribution < -0.4 is 5.32 Å². The number of aromatic nitrogens is 1. The Bertz CT molecular complexity index is 384. The maximum atomic E-state index is 11.5. The fourth-order valence-electron chi connectivity index (χ4n) is 1.25. The van der Waals surface area contributed by atoms with Gasteiger partial charge in [0.1, 0.15) is 0 Å². The van der Waals surface area contributed by atoms with E-state index in [1.54, 1.807) is 12.4 Å². The number of nitrogens with zero attached hydrogens (tertiary/aromatic N) is 1. The van der Waals surface area contributed by atoms with Gasteiger partial charge in [0.25, 0.3) is 0 Å². The van der Waals surface area contributed by atoms with Gasteiger partial charge in [0.15, 0.2) is 0 Å². The van der Waals surface area contributed by atoms with Crippen LogP contribution in [0.2, 0.25) is 0 Å². The molecule has 1 atom stereocenters. The number of carboxylic acids is 1. The molecule has 0 saturated carbocycles. The lowest BCUT2D eigenvalue weighted by Crippen LogP contribution is -2.28. The van der Waals surface area contributed by atoms with E-state index in [4.69, 9.17) is 5.11 Å². The smallest absolute Gasteiger partial charge is 0.313 e. The average molecular weight is 254 g/mol. The van der Waals surface area contributed by atoms with Crippen LogP contribution in [-0.4, -0.2) is 33.5 Å². The Labute approximate surface area is 104 Å². The maximum absolute atomic E-state index is 11.5. The number of carbonyl (C=O) groups is 2.